The summed E-state index contributed by atoms with van der Waals surface area (Å²) >= 11 is 3.74. The van der Waals surface area contributed by atoms with Crippen LogP contribution in [0.4, 0.5) is 0 Å². The molecule has 0 aliphatic heterocycles. The molecular weight excluding hydrogens is 250 g/mol. The summed E-state index contributed by atoms with van der Waals surface area (Å²) in [6.07, 6.45) is 6.76. The predicted octanol–water partition coefficient (Wildman–Crippen LogP) is 2.83. The molecule has 2 nitrogen and oxygen atoms in total. The fourth-order valence-corrected chi connectivity index (χ4v) is 4.17. The van der Waals surface area contributed by atoms with E-state index in [-0.39, 0.29) is 6.61 Å². The van der Waals surface area contributed by atoms with Gasteiger partial charge in [0.15, 0.2) is 0 Å². The van der Waals surface area contributed by atoms with Gasteiger partial charge < -0.3 is 10.4 Å². The van der Waals surface area contributed by atoms with Crippen LogP contribution in [0.25, 0.3) is 0 Å². The zero-order valence-corrected chi connectivity index (χ0v) is 11.9. The Morgan fingerprint density at radius 1 is 1.65 bits per heavy atom. The summed E-state index contributed by atoms with van der Waals surface area (Å²) in [7, 11) is 0. The van der Waals surface area contributed by atoms with E-state index < -0.39 is 0 Å². The van der Waals surface area contributed by atoms with Gasteiger partial charge in [-0.15, -0.1) is 11.3 Å². The Labute approximate surface area is 112 Å². The van der Waals surface area contributed by atoms with E-state index in [4.69, 9.17) is 5.11 Å². The number of rotatable bonds is 6. The number of hydrogen-bond donors (Lipinski definition) is 2. The Bertz CT molecular complexity index is 334. The SMILES string of the molecule is CSCC(CCO)NC1CCCc2sccc21. The van der Waals surface area contributed by atoms with Gasteiger partial charge in [0.25, 0.3) is 0 Å². The number of aliphatic hydroxyl groups excluding tert-OH is 1. The van der Waals surface area contributed by atoms with Crippen molar-refractivity contribution < 1.29 is 5.11 Å². The molecule has 0 saturated heterocycles. The highest BCUT2D eigenvalue weighted by Gasteiger charge is 2.23. The molecule has 0 fully saturated rings. The summed E-state index contributed by atoms with van der Waals surface area (Å²) in [6.45, 7) is 0.279. The van der Waals surface area contributed by atoms with E-state index in [1.165, 1.54) is 24.8 Å². The number of nitrogens with one attached hydrogen (secondary N) is 1. The van der Waals surface area contributed by atoms with Gasteiger partial charge in [0.1, 0.15) is 0 Å². The van der Waals surface area contributed by atoms with Crippen LogP contribution in [-0.4, -0.2) is 29.8 Å². The van der Waals surface area contributed by atoms with Crippen LogP contribution in [0.3, 0.4) is 0 Å². The quantitative estimate of drug-likeness (QED) is 0.834. The molecule has 0 bridgehead atoms. The maximum Gasteiger partial charge on any atom is 0.0446 e. The normalized spacial score (nSPS) is 21.2. The van der Waals surface area contributed by atoms with Crippen LogP contribution in [-0.2, 0) is 6.42 Å². The summed E-state index contributed by atoms with van der Waals surface area (Å²) in [4.78, 5) is 1.56. The summed E-state index contributed by atoms with van der Waals surface area (Å²) in [5.41, 5.74) is 1.50. The Balaban J connectivity index is 1.99. The first-order valence-corrected chi connectivity index (χ1v) is 8.54. The zero-order chi connectivity index (χ0) is 12.1. The van der Waals surface area contributed by atoms with Gasteiger partial charge in [0.2, 0.25) is 0 Å². The molecule has 1 aliphatic carbocycles. The lowest BCUT2D eigenvalue weighted by Crippen LogP contribution is -2.36. The number of thiophene rings is 1. The van der Waals surface area contributed by atoms with Gasteiger partial charge >= 0.3 is 0 Å². The van der Waals surface area contributed by atoms with E-state index in [0.29, 0.717) is 12.1 Å². The third kappa shape index (κ3) is 3.47. The van der Waals surface area contributed by atoms with Crippen molar-refractivity contribution in [1.82, 2.24) is 5.32 Å². The van der Waals surface area contributed by atoms with E-state index in [1.54, 1.807) is 4.88 Å². The molecule has 0 spiro atoms. The lowest BCUT2D eigenvalue weighted by atomic mass is 9.93. The Morgan fingerprint density at radius 2 is 2.53 bits per heavy atom. The second-order valence-electron chi connectivity index (χ2n) is 4.58. The van der Waals surface area contributed by atoms with Crippen LogP contribution in [0.2, 0.25) is 0 Å². The maximum absolute atomic E-state index is 9.10. The van der Waals surface area contributed by atoms with Crippen LogP contribution in [0.5, 0.6) is 0 Å². The maximum atomic E-state index is 9.10. The van der Waals surface area contributed by atoms with Crippen molar-refractivity contribution in [2.45, 2.75) is 37.8 Å². The molecule has 2 atom stereocenters. The summed E-state index contributed by atoms with van der Waals surface area (Å²) in [5, 5.41) is 15.0. The van der Waals surface area contributed by atoms with Gasteiger partial charge in [0.05, 0.1) is 0 Å². The van der Waals surface area contributed by atoms with E-state index in [0.717, 1.165) is 12.2 Å². The fraction of sp³-hybridized carbons (Fsp3) is 0.692. The Hall–Kier alpha value is -0.0300. The van der Waals surface area contributed by atoms with Crippen molar-refractivity contribution in [3.63, 3.8) is 0 Å². The third-order valence-corrected chi connectivity index (χ3v) is 5.07. The first-order valence-electron chi connectivity index (χ1n) is 6.27. The molecule has 17 heavy (non-hydrogen) atoms. The van der Waals surface area contributed by atoms with Gasteiger partial charge in [0, 0.05) is 29.3 Å². The monoisotopic (exact) mass is 271 g/mol. The van der Waals surface area contributed by atoms with Crippen molar-refractivity contribution >= 4 is 23.1 Å². The highest BCUT2D eigenvalue weighted by molar-refractivity contribution is 7.98. The minimum Gasteiger partial charge on any atom is -0.396 e. The Morgan fingerprint density at radius 3 is 3.29 bits per heavy atom. The largest absolute Gasteiger partial charge is 0.396 e. The van der Waals surface area contributed by atoms with Crippen LogP contribution in [0.1, 0.15) is 35.7 Å². The topological polar surface area (TPSA) is 32.3 Å². The predicted molar refractivity (Wildman–Crippen MR) is 77.0 cm³/mol. The highest BCUT2D eigenvalue weighted by atomic mass is 32.2. The van der Waals surface area contributed by atoms with Crippen molar-refractivity contribution in [1.29, 1.82) is 0 Å². The van der Waals surface area contributed by atoms with Gasteiger partial charge in [-0.1, -0.05) is 0 Å². The second kappa shape index (κ2) is 6.78. The molecule has 0 saturated carbocycles. The molecule has 0 aromatic carbocycles. The van der Waals surface area contributed by atoms with Crippen molar-refractivity contribution in [3.05, 3.63) is 21.9 Å². The lowest BCUT2D eigenvalue weighted by molar-refractivity contribution is 0.261. The standard InChI is InChI=1S/C13H21NOS2/c1-16-9-10(5-7-15)14-12-3-2-4-13-11(12)6-8-17-13/h6,8,10,12,14-15H,2-5,7,9H2,1H3. The number of hydrogen-bond acceptors (Lipinski definition) is 4. The molecule has 2 rings (SSSR count). The molecule has 96 valence electrons. The summed E-state index contributed by atoms with van der Waals surface area (Å²) in [6, 6.07) is 3.21. The van der Waals surface area contributed by atoms with Crippen LogP contribution < -0.4 is 5.32 Å². The molecule has 1 aliphatic rings. The van der Waals surface area contributed by atoms with E-state index in [9.17, 15) is 0 Å². The lowest BCUT2D eigenvalue weighted by Gasteiger charge is -2.28. The van der Waals surface area contributed by atoms with Crippen molar-refractivity contribution in [2.24, 2.45) is 0 Å². The average molecular weight is 271 g/mol. The van der Waals surface area contributed by atoms with Crippen LogP contribution in [0.15, 0.2) is 11.4 Å². The molecule has 1 aromatic heterocycles. The van der Waals surface area contributed by atoms with Gasteiger partial charge in [-0.05, 0) is 48.9 Å². The van der Waals surface area contributed by atoms with Gasteiger partial charge in [-0.3, -0.25) is 0 Å². The van der Waals surface area contributed by atoms with E-state index in [2.05, 4.69) is 23.0 Å². The number of thioether (sulfide) groups is 1. The molecule has 4 heteroatoms. The Kier molecular flexibility index (Phi) is 5.35. The molecule has 0 amide bonds. The molecule has 1 heterocycles. The molecule has 1 aromatic rings. The van der Waals surface area contributed by atoms with Crippen LogP contribution >= 0.6 is 23.1 Å². The molecule has 0 radical (unpaired) electrons. The minimum absolute atomic E-state index is 0.279. The minimum atomic E-state index is 0.279. The number of fused-ring (bicyclic) bond motifs is 1. The van der Waals surface area contributed by atoms with E-state index in [1.807, 2.05) is 23.1 Å². The van der Waals surface area contributed by atoms with Crippen molar-refractivity contribution in [3.8, 4) is 0 Å². The highest BCUT2D eigenvalue weighted by Crippen LogP contribution is 2.33. The number of aryl methyl sites for hydroxylation is 1. The van der Waals surface area contributed by atoms with Crippen molar-refractivity contribution in [2.75, 3.05) is 18.6 Å². The second-order valence-corrected chi connectivity index (χ2v) is 6.49. The fourth-order valence-electron chi connectivity index (χ4n) is 2.52. The smallest absolute Gasteiger partial charge is 0.0446 e. The first-order chi connectivity index (χ1) is 8.35. The van der Waals surface area contributed by atoms with E-state index >= 15 is 0 Å². The molecule has 2 unspecified atom stereocenters. The molecular formula is C13H21NOS2. The first kappa shape index (κ1) is 13.4. The molecule has 2 N–H and O–H groups in total. The third-order valence-electron chi connectivity index (χ3n) is 3.33. The number of aliphatic hydroxyl groups is 1. The van der Waals surface area contributed by atoms with Gasteiger partial charge in [-0.25, -0.2) is 0 Å². The summed E-state index contributed by atoms with van der Waals surface area (Å²) < 4.78 is 0. The van der Waals surface area contributed by atoms with Crippen LogP contribution in [0, 0.1) is 0 Å². The van der Waals surface area contributed by atoms with Gasteiger partial charge in [-0.2, -0.15) is 11.8 Å². The zero-order valence-electron chi connectivity index (χ0n) is 10.3. The summed E-state index contributed by atoms with van der Waals surface area (Å²) in [5.74, 6) is 1.08. The average Bonchev–Trinajstić information content (AvgIpc) is 2.79.